The van der Waals surface area contributed by atoms with Crippen molar-refractivity contribution in [1.29, 1.82) is 0 Å². The molecule has 3 heterocycles. The summed E-state index contributed by atoms with van der Waals surface area (Å²) in [4.78, 5) is 27.4. The van der Waals surface area contributed by atoms with Crippen molar-refractivity contribution in [3.05, 3.63) is 64.7 Å². The number of thiophene rings is 1. The third-order valence-electron chi connectivity index (χ3n) is 6.75. The molecule has 1 aromatic heterocycles. The maximum atomic E-state index is 13.5. The minimum atomic E-state index is -4.05. The fraction of sp³-hybridized carbons (Fsp3) is 0.370. The van der Waals surface area contributed by atoms with Gasteiger partial charge in [-0.15, -0.1) is 11.3 Å². The van der Waals surface area contributed by atoms with E-state index in [9.17, 15) is 18.0 Å². The predicted octanol–water partition coefficient (Wildman–Crippen LogP) is 2.77. The third-order valence-corrected chi connectivity index (χ3v) is 10.3. The number of hydrazone groups is 1. The molecule has 0 aliphatic carbocycles. The molecule has 11 nitrogen and oxygen atoms in total. The Kier molecular flexibility index (Phi) is 8.92. The van der Waals surface area contributed by atoms with Crippen molar-refractivity contribution in [1.82, 2.24) is 14.2 Å². The summed E-state index contributed by atoms with van der Waals surface area (Å²) in [6.07, 6.45) is 1.41. The van der Waals surface area contributed by atoms with Crippen LogP contribution in [0.3, 0.4) is 0 Å². The Morgan fingerprint density at radius 1 is 1.20 bits per heavy atom. The maximum absolute atomic E-state index is 13.5. The average molecular weight is 621 g/mol. The Hall–Kier alpha value is -3.07. The molecule has 41 heavy (non-hydrogen) atoms. The Morgan fingerprint density at radius 3 is 2.63 bits per heavy atom. The molecular weight excluding hydrogens is 592 g/mol. The Bertz CT molecular complexity index is 1560. The fourth-order valence-electron chi connectivity index (χ4n) is 4.57. The number of methoxy groups -OCH3 is 1. The number of hydrogen-bond acceptors (Lipinski definition) is 10. The quantitative estimate of drug-likeness (QED) is 0.204. The van der Waals surface area contributed by atoms with Gasteiger partial charge >= 0.3 is 5.97 Å². The van der Waals surface area contributed by atoms with Crippen molar-refractivity contribution < 1.29 is 32.2 Å². The van der Waals surface area contributed by atoms with Gasteiger partial charge in [0.2, 0.25) is 5.91 Å². The molecule has 3 aromatic rings. The molecule has 5 rings (SSSR count). The zero-order chi connectivity index (χ0) is 29.1. The van der Waals surface area contributed by atoms with Crippen LogP contribution < -0.4 is 0 Å². The van der Waals surface area contributed by atoms with E-state index in [-0.39, 0.29) is 23.6 Å². The van der Waals surface area contributed by atoms with Gasteiger partial charge in [-0.3, -0.25) is 9.80 Å². The molecule has 0 bridgehead atoms. The summed E-state index contributed by atoms with van der Waals surface area (Å²) in [5.74, 6) is -1.19. The van der Waals surface area contributed by atoms with Crippen LogP contribution in [0.4, 0.5) is 0 Å². The molecule has 0 N–H and O–H groups in total. The number of nitrogens with zero attached hydrogens (tertiary/aromatic N) is 4. The van der Waals surface area contributed by atoms with E-state index in [1.165, 1.54) is 12.0 Å². The van der Waals surface area contributed by atoms with Crippen LogP contribution in [0.1, 0.15) is 11.1 Å². The van der Waals surface area contributed by atoms with Crippen LogP contribution in [0.15, 0.2) is 57.8 Å². The van der Waals surface area contributed by atoms with Crippen LogP contribution in [-0.2, 0) is 40.4 Å². The monoisotopic (exact) mass is 620 g/mol. The highest BCUT2D eigenvalue weighted by Crippen LogP contribution is 2.33. The Morgan fingerprint density at radius 2 is 1.93 bits per heavy atom. The summed E-state index contributed by atoms with van der Waals surface area (Å²) in [6, 6.07) is 12.9. The number of hydrogen-bond donors (Lipinski definition) is 0. The average Bonchev–Trinajstić information content (AvgIpc) is 3.63. The van der Waals surface area contributed by atoms with E-state index in [2.05, 4.69) is 5.10 Å². The highest BCUT2D eigenvalue weighted by atomic mass is 35.5. The number of carbonyl (C=O) groups excluding carboxylic acids is 2. The van der Waals surface area contributed by atoms with Crippen LogP contribution in [0.2, 0.25) is 5.02 Å². The van der Waals surface area contributed by atoms with E-state index in [0.717, 1.165) is 32.2 Å². The first-order valence-electron chi connectivity index (χ1n) is 12.8. The largest absolute Gasteiger partial charge is 0.467 e. The molecule has 0 spiro atoms. The zero-order valence-electron chi connectivity index (χ0n) is 22.4. The van der Waals surface area contributed by atoms with Crippen LogP contribution in [0, 0.1) is 0 Å². The lowest BCUT2D eigenvalue weighted by atomic mass is 10.1. The summed E-state index contributed by atoms with van der Waals surface area (Å²) < 4.78 is 44.6. The number of likely N-dealkylation sites (N-methyl/N-ethyl adjacent to an activating group) is 1. The fourth-order valence-corrected chi connectivity index (χ4v) is 7.80. The van der Waals surface area contributed by atoms with Crippen LogP contribution in [0.25, 0.3) is 10.1 Å². The van der Waals surface area contributed by atoms with E-state index in [0.29, 0.717) is 29.5 Å². The second kappa shape index (κ2) is 12.4. The number of rotatable bonds is 9. The molecule has 2 aliphatic heterocycles. The molecule has 2 aliphatic rings. The number of benzene rings is 2. The molecule has 0 radical (unpaired) electrons. The lowest BCUT2D eigenvalue weighted by Gasteiger charge is -2.38. The van der Waals surface area contributed by atoms with E-state index in [1.807, 2.05) is 31.3 Å². The van der Waals surface area contributed by atoms with Gasteiger partial charge in [-0.1, -0.05) is 41.9 Å². The number of halogens is 1. The van der Waals surface area contributed by atoms with Crippen LogP contribution in [-0.4, -0.2) is 100 Å². The Labute approximate surface area is 246 Å². The summed E-state index contributed by atoms with van der Waals surface area (Å²) in [5.41, 5.74) is 1.61. The highest BCUT2D eigenvalue weighted by molar-refractivity contribution is 7.91. The topological polar surface area (TPSA) is 118 Å². The predicted molar refractivity (Wildman–Crippen MR) is 154 cm³/mol. The summed E-state index contributed by atoms with van der Waals surface area (Å²) in [6.45, 7) is 1.16. The molecule has 14 heteroatoms. The van der Waals surface area contributed by atoms with Gasteiger partial charge in [0.05, 0.1) is 39.6 Å². The normalized spacial score (nSPS) is 19.0. The lowest BCUT2D eigenvalue weighted by Crippen LogP contribution is -2.60. The SMILES string of the molecule is COC(=O)[C@H]1CN(S(=O)(=O)c2cc3ccc(Cl)cc3s2)CC(=O)N1Cc1ccc(C=NN(C)CC2OCCO2)cc1. The van der Waals surface area contributed by atoms with Gasteiger partial charge in [-0.2, -0.15) is 9.41 Å². The van der Waals surface area contributed by atoms with Crippen LogP contribution in [0.5, 0.6) is 0 Å². The number of fused-ring (bicyclic) bond motifs is 1. The van der Waals surface area contributed by atoms with Gasteiger partial charge in [0.25, 0.3) is 10.0 Å². The van der Waals surface area contributed by atoms with Crippen molar-refractivity contribution in [2.24, 2.45) is 5.10 Å². The number of sulfonamides is 1. The lowest BCUT2D eigenvalue weighted by molar-refractivity contribution is -0.157. The zero-order valence-corrected chi connectivity index (χ0v) is 24.8. The molecule has 0 unspecified atom stereocenters. The molecule has 2 aromatic carbocycles. The first kappa shape index (κ1) is 29.4. The van der Waals surface area contributed by atoms with Crippen molar-refractivity contribution in [3.63, 3.8) is 0 Å². The third kappa shape index (κ3) is 6.71. The minimum absolute atomic E-state index is 0.0748. The first-order chi connectivity index (χ1) is 19.6. The first-order valence-corrected chi connectivity index (χ1v) is 15.4. The van der Waals surface area contributed by atoms with Gasteiger partial charge in [0.15, 0.2) is 6.29 Å². The maximum Gasteiger partial charge on any atom is 0.329 e. The van der Waals surface area contributed by atoms with E-state index < -0.39 is 34.5 Å². The van der Waals surface area contributed by atoms with Gasteiger partial charge < -0.3 is 19.1 Å². The number of ether oxygens (including phenoxy) is 3. The molecule has 1 atom stereocenters. The standard InChI is InChI=1S/C27H29ClN4O7S2/c1-30(17-25-38-9-10-39-25)29-13-18-3-5-19(6-4-18)14-32-22(27(34)37-2)15-31(16-24(32)33)41(35,36)26-11-20-7-8-21(28)12-23(20)40-26/h3-8,11-13,22,25H,9-10,14-17H2,1-2H3/t22-/m1/s1. The molecule has 2 fully saturated rings. The van der Waals surface area contributed by atoms with Crippen molar-refractivity contribution >= 4 is 61.1 Å². The number of carbonyl (C=O) groups is 2. The number of esters is 1. The molecule has 0 saturated carbocycles. The summed E-state index contributed by atoms with van der Waals surface area (Å²) in [5, 5.41) is 7.34. The van der Waals surface area contributed by atoms with Gasteiger partial charge in [-0.05, 0) is 34.7 Å². The Balaban J connectivity index is 1.28. The van der Waals surface area contributed by atoms with E-state index in [1.54, 1.807) is 35.5 Å². The van der Waals surface area contributed by atoms with Crippen molar-refractivity contribution in [3.8, 4) is 0 Å². The van der Waals surface area contributed by atoms with Gasteiger partial charge in [0, 0.05) is 29.9 Å². The van der Waals surface area contributed by atoms with Gasteiger partial charge in [0.1, 0.15) is 10.3 Å². The summed E-state index contributed by atoms with van der Waals surface area (Å²) in [7, 11) is -1.01. The smallest absolute Gasteiger partial charge is 0.329 e. The molecule has 1 amide bonds. The van der Waals surface area contributed by atoms with Gasteiger partial charge in [-0.25, -0.2) is 13.2 Å². The second-order valence-corrected chi connectivity index (χ2v) is 13.3. The second-order valence-electron chi connectivity index (χ2n) is 9.60. The van der Waals surface area contributed by atoms with Crippen LogP contribution >= 0.6 is 22.9 Å². The van der Waals surface area contributed by atoms with Crippen molar-refractivity contribution in [2.75, 3.05) is 47.0 Å². The highest BCUT2D eigenvalue weighted by Gasteiger charge is 2.42. The number of amides is 1. The molecular formula is C27H29ClN4O7S2. The molecule has 2 saturated heterocycles. The van der Waals surface area contributed by atoms with E-state index in [4.69, 9.17) is 25.8 Å². The molecule has 218 valence electrons. The summed E-state index contributed by atoms with van der Waals surface area (Å²) >= 11 is 7.12. The number of piperazine rings is 1. The minimum Gasteiger partial charge on any atom is -0.467 e. The van der Waals surface area contributed by atoms with E-state index >= 15 is 0 Å². The van der Waals surface area contributed by atoms with Crippen molar-refractivity contribution in [2.45, 2.75) is 23.1 Å².